The van der Waals surface area contributed by atoms with E-state index in [2.05, 4.69) is 15.1 Å². The minimum absolute atomic E-state index is 0.505. The van der Waals surface area contributed by atoms with Crippen LogP contribution in [0.5, 0.6) is 0 Å². The highest BCUT2D eigenvalue weighted by Gasteiger charge is 2.34. The first-order valence-corrected chi connectivity index (χ1v) is 8.09. The van der Waals surface area contributed by atoms with Gasteiger partial charge >= 0.3 is 5.97 Å². The van der Waals surface area contributed by atoms with Crippen molar-refractivity contribution in [3.8, 4) is 0 Å². The second-order valence-electron chi connectivity index (χ2n) is 6.10. The Morgan fingerprint density at radius 3 is 2.67 bits per heavy atom. The van der Waals surface area contributed by atoms with Crippen LogP contribution < -0.4 is 5.32 Å². The molecule has 5 heteroatoms. The van der Waals surface area contributed by atoms with E-state index in [1.54, 1.807) is 0 Å². The van der Waals surface area contributed by atoms with Gasteiger partial charge in [0.1, 0.15) is 0 Å². The molecule has 0 saturated heterocycles. The second-order valence-corrected chi connectivity index (χ2v) is 6.10. The first-order chi connectivity index (χ1) is 10.1. The third kappa shape index (κ3) is 3.46. The smallest absolute Gasteiger partial charge is 0.310 e. The van der Waals surface area contributed by atoms with Crippen LogP contribution in [0.3, 0.4) is 0 Å². The van der Waals surface area contributed by atoms with Crippen molar-refractivity contribution in [3.05, 3.63) is 18.0 Å². The van der Waals surface area contributed by atoms with Crippen molar-refractivity contribution in [1.29, 1.82) is 0 Å². The van der Waals surface area contributed by atoms with Gasteiger partial charge in [0.15, 0.2) is 0 Å². The Labute approximate surface area is 126 Å². The van der Waals surface area contributed by atoms with Gasteiger partial charge in [-0.15, -0.1) is 0 Å². The highest BCUT2D eigenvalue weighted by molar-refractivity contribution is 5.74. The Morgan fingerprint density at radius 2 is 2.10 bits per heavy atom. The topological polar surface area (TPSA) is 67.2 Å². The van der Waals surface area contributed by atoms with Gasteiger partial charge in [-0.05, 0) is 31.7 Å². The van der Waals surface area contributed by atoms with Gasteiger partial charge in [-0.3, -0.25) is 9.48 Å². The zero-order valence-corrected chi connectivity index (χ0v) is 13.1. The summed E-state index contributed by atoms with van der Waals surface area (Å²) in [6, 6.07) is 2.56. The average molecular weight is 293 g/mol. The molecule has 1 aromatic rings. The number of hydrogen-bond acceptors (Lipinski definition) is 3. The number of hydrogen-bond donors (Lipinski definition) is 2. The molecule has 1 saturated carbocycles. The molecule has 5 nitrogen and oxygen atoms in total. The monoisotopic (exact) mass is 293 g/mol. The highest BCUT2D eigenvalue weighted by Crippen LogP contribution is 2.30. The fourth-order valence-corrected chi connectivity index (χ4v) is 3.27. The molecule has 0 radical (unpaired) electrons. The van der Waals surface area contributed by atoms with Crippen LogP contribution in [-0.2, 0) is 11.3 Å². The minimum atomic E-state index is -0.704. The maximum atomic E-state index is 11.5. The van der Waals surface area contributed by atoms with Gasteiger partial charge < -0.3 is 10.4 Å². The maximum absolute atomic E-state index is 11.5. The zero-order chi connectivity index (χ0) is 15.3. The van der Waals surface area contributed by atoms with Crippen molar-refractivity contribution in [3.63, 3.8) is 0 Å². The summed E-state index contributed by atoms with van der Waals surface area (Å²) >= 11 is 0. The van der Waals surface area contributed by atoms with Crippen molar-refractivity contribution >= 4 is 5.97 Å². The zero-order valence-electron chi connectivity index (χ0n) is 13.1. The molecule has 118 valence electrons. The van der Waals surface area contributed by atoms with Crippen LogP contribution in [0.2, 0.25) is 0 Å². The van der Waals surface area contributed by atoms with Crippen molar-refractivity contribution < 1.29 is 9.90 Å². The van der Waals surface area contributed by atoms with Crippen LogP contribution in [-0.4, -0.2) is 27.4 Å². The molecule has 0 aromatic carbocycles. The normalized spacial score (nSPS) is 16.5. The summed E-state index contributed by atoms with van der Waals surface area (Å²) in [6.07, 6.45) is 8.12. The second kappa shape index (κ2) is 7.07. The van der Waals surface area contributed by atoms with Crippen LogP contribution in [0, 0.1) is 5.41 Å². The van der Waals surface area contributed by atoms with Crippen molar-refractivity contribution in [2.24, 2.45) is 5.41 Å². The van der Waals surface area contributed by atoms with E-state index in [4.69, 9.17) is 0 Å². The summed E-state index contributed by atoms with van der Waals surface area (Å²) in [6.45, 7) is 5.08. The summed E-state index contributed by atoms with van der Waals surface area (Å²) < 4.78 is 2.13. The molecule has 1 fully saturated rings. The highest BCUT2D eigenvalue weighted by atomic mass is 16.4. The molecule has 21 heavy (non-hydrogen) atoms. The lowest BCUT2D eigenvalue weighted by Crippen LogP contribution is -2.40. The van der Waals surface area contributed by atoms with Crippen molar-refractivity contribution in [2.45, 2.75) is 65.0 Å². The Morgan fingerprint density at radius 1 is 1.43 bits per heavy atom. The van der Waals surface area contributed by atoms with Gasteiger partial charge in [0.25, 0.3) is 0 Å². The van der Waals surface area contributed by atoms with E-state index < -0.39 is 11.4 Å². The standard InChI is InChI=1S/C16H27N3O2/c1-3-16(4-2,15(20)21)12-17-11-14-9-10-18-19(14)13-7-5-6-8-13/h9-10,13,17H,3-8,11-12H2,1-2H3,(H,20,21). The molecule has 0 aliphatic heterocycles. The average Bonchev–Trinajstić information content (AvgIpc) is 3.14. The minimum Gasteiger partial charge on any atom is -0.481 e. The molecule has 0 unspecified atom stereocenters. The lowest BCUT2D eigenvalue weighted by Gasteiger charge is -2.27. The molecule has 1 aliphatic carbocycles. The van der Waals surface area contributed by atoms with E-state index in [9.17, 15) is 9.90 Å². The van der Waals surface area contributed by atoms with Gasteiger partial charge in [0.05, 0.1) is 17.2 Å². The van der Waals surface area contributed by atoms with E-state index in [0.717, 1.165) is 5.69 Å². The fraction of sp³-hybridized carbons (Fsp3) is 0.750. The van der Waals surface area contributed by atoms with E-state index in [1.807, 2.05) is 26.1 Å². The number of rotatable bonds is 8. The lowest BCUT2D eigenvalue weighted by atomic mass is 9.82. The molecule has 0 atom stereocenters. The number of carboxylic acids is 1. The lowest BCUT2D eigenvalue weighted by molar-refractivity contribution is -0.149. The Bertz CT molecular complexity index is 460. The third-order valence-electron chi connectivity index (χ3n) is 5.00. The predicted molar refractivity (Wildman–Crippen MR) is 82.1 cm³/mol. The largest absolute Gasteiger partial charge is 0.481 e. The summed E-state index contributed by atoms with van der Waals surface area (Å²) in [5.74, 6) is -0.704. The Kier molecular flexibility index (Phi) is 5.39. The first kappa shape index (κ1) is 16.0. The SMILES string of the molecule is CCC(CC)(CNCc1ccnn1C1CCCC1)C(=O)O. The van der Waals surface area contributed by atoms with Gasteiger partial charge in [-0.2, -0.15) is 5.10 Å². The Hall–Kier alpha value is -1.36. The molecule has 2 N–H and O–H groups in total. The van der Waals surface area contributed by atoms with Crippen LogP contribution in [0.25, 0.3) is 0 Å². The molecule has 2 rings (SSSR count). The number of nitrogens with zero attached hydrogens (tertiary/aromatic N) is 2. The molecule has 0 bridgehead atoms. The molecule has 1 heterocycles. The summed E-state index contributed by atoms with van der Waals surface area (Å²) in [5.41, 5.74) is 0.506. The van der Waals surface area contributed by atoms with Gasteiger partial charge in [0, 0.05) is 19.3 Å². The van der Waals surface area contributed by atoms with E-state index in [0.29, 0.717) is 32.0 Å². The molecule has 1 aromatic heterocycles. The number of aliphatic carboxylic acids is 1. The number of carbonyl (C=O) groups is 1. The third-order valence-corrected chi connectivity index (χ3v) is 5.00. The van der Waals surface area contributed by atoms with Crippen LogP contribution >= 0.6 is 0 Å². The Balaban J connectivity index is 1.94. The molecule has 0 spiro atoms. The molecule has 0 amide bonds. The van der Waals surface area contributed by atoms with Gasteiger partial charge in [-0.25, -0.2) is 0 Å². The first-order valence-electron chi connectivity index (χ1n) is 8.09. The van der Waals surface area contributed by atoms with E-state index in [-0.39, 0.29) is 0 Å². The van der Waals surface area contributed by atoms with Crippen molar-refractivity contribution in [1.82, 2.24) is 15.1 Å². The maximum Gasteiger partial charge on any atom is 0.310 e. The van der Waals surface area contributed by atoms with Gasteiger partial charge in [0.2, 0.25) is 0 Å². The van der Waals surface area contributed by atoms with Crippen LogP contribution in [0.4, 0.5) is 0 Å². The molecule has 1 aliphatic rings. The number of carboxylic acid groups (broad SMARTS) is 1. The summed E-state index contributed by atoms with van der Waals surface area (Å²) in [5, 5.41) is 17.2. The van der Waals surface area contributed by atoms with Crippen LogP contribution in [0.15, 0.2) is 12.3 Å². The number of aromatic nitrogens is 2. The fourth-order valence-electron chi connectivity index (χ4n) is 3.27. The quantitative estimate of drug-likeness (QED) is 0.773. The predicted octanol–water partition coefficient (Wildman–Crippen LogP) is 2.98. The molecular formula is C16H27N3O2. The molecular weight excluding hydrogens is 266 g/mol. The van der Waals surface area contributed by atoms with Crippen LogP contribution in [0.1, 0.15) is 64.1 Å². The summed E-state index contributed by atoms with van der Waals surface area (Å²) in [7, 11) is 0. The van der Waals surface area contributed by atoms with E-state index >= 15 is 0 Å². The summed E-state index contributed by atoms with van der Waals surface area (Å²) in [4.78, 5) is 11.5. The van der Waals surface area contributed by atoms with Crippen molar-refractivity contribution in [2.75, 3.05) is 6.54 Å². The van der Waals surface area contributed by atoms with E-state index in [1.165, 1.54) is 25.7 Å². The number of nitrogens with one attached hydrogen (secondary N) is 1. The van der Waals surface area contributed by atoms with Gasteiger partial charge in [-0.1, -0.05) is 26.7 Å².